The number of anilines is 1. The van der Waals surface area contributed by atoms with Gasteiger partial charge in [-0.2, -0.15) is 5.10 Å². The Morgan fingerprint density at radius 3 is 2.69 bits per heavy atom. The lowest BCUT2D eigenvalue weighted by molar-refractivity contribution is 0.303. The smallest absolute Gasteiger partial charge is 0.267 e. The van der Waals surface area contributed by atoms with Crippen molar-refractivity contribution in [3.05, 3.63) is 58.6 Å². The van der Waals surface area contributed by atoms with E-state index in [1.54, 1.807) is 34.2 Å². The highest BCUT2D eigenvalue weighted by molar-refractivity contribution is 6.33. The summed E-state index contributed by atoms with van der Waals surface area (Å²) in [5.41, 5.74) is 0.802. The molecule has 0 bridgehead atoms. The lowest BCUT2D eigenvalue weighted by atomic mass is 9.91. The predicted octanol–water partition coefficient (Wildman–Crippen LogP) is 2.47. The number of hydrogen-bond donors (Lipinski definition) is 1. The minimum Gasteiger partial charge on any atom is -0.381 e. The molecule has 1 fully saturated rings. The topological polar surface area (TPSA) is 90.5 Å². The average Bonchev–Trinajstić information content (AvgIpc) is 3.20. The monoisotopic (exact) mass is 371 g/mol. The molecular formula is C17H18ClN7O. The standard InChI is InChI=1S/C17H18ClN7O/c18-14-9-19-8-7-15(14)22-12-1-3-13(4-2-12)25-17(26)6-5-16(23-25)24-11-20-10-21-24/h5-13H,1-4H2,(H,19,22). The Bertz CT molecular complexity index is 932. The number of pyridine rings is 1. The summed E-state index contributed by atoms with van der Waals surface area (Å²) in [6.45, 7) is 0. The Labute approximate surface area is 154 Å². The molecule has 1 saturated carbocycles. The molecule has 3 aromatic rings. The predicted molar refractivity (Wildman–Crippen MR) is 97.6 cm³/mol. The lowest BCUT2D eigenvalue weighted by Crippen LogP contribution is -2.33. The fourth-order valence-corrected chi connectivity index (χ4v) is 3.48. The third-order valence-corrected chi connectivity index (χ3v) is 4.94. The molecule has 26 heavy (non-hydrogen) atoms. The molecule has 4 rings (SSSR count). The molecule has 0 aromatic carbocycles. The van der Waals surface area contributed by atoms with Crippen LogP contribution in [0.25, 0.3) is 5.82 Å². The number of aromatic nitrogens is 6. The molecule has 0 atom stereocenters. The van der Waals surface area contributed by atoms with Crippen LogP contribution in [0.5, 0.6) is 0 Å². The second kappa shape index (κ2) is 7.25. The second-order valence-electron chi connectivity index (χ2n) is 6.32. The van der Waals surface area contributed by atoms with Gasteiger partial charge in [0.2, 0.25) is 0 Å². The summed E-state index contributed by atoms with van der Waals surface area (Å²) in [5.74, 6) is 0.589. The minimum absolute atomic E-state index is 0.0805. The van der Waals surface area contributed by atoms with Gasteiger partial charge in [-0.25, -0.2) is 14.3 Å². The van der Waals surface area contributed by atoms with E-state index in [0.29, 0.717) is 16.9 Å². The van der Waals surface area contributed by atoms with Gasteiger partial charge >= 0.3 is 0 Å². The van der Waals surface area contributed by atoms with Crippen LogP contribution in [0.15, 0.2) is 48.0 Å². The Balaban J connectivity index is 1.46. The van der Waals surface area contributed by atoms with Gasteiger partial charge in [-0.05, 0) is 37.8 Å². The Morgan fingerprint density at radius 2 is 1.96 bits per heavy atom. The van der Waals surface area contributed by atoms with Crippen molar-refractivity contribution in [1.82, 2.24) is 29.5 Å². The molecule has 0 spiro atoms. The maximum atomic E-state index is 12.3. The zero-order valence-corrected chi connectivity index (χ0v) is 14.8. The van der Waals surface area contributed by atoms with E-state index in [0.717, 1.165) is 31.4 Å². The molecule has 0 aliphatic heterocycles. The van der Waals surface area contributed by atoms with Crippen molar-refractivity contribution in [2.45, 2.75) is 37.8 Å². The lowest BCUT2D eigenvalue weighted by Gasteiger charge is -2.30. The molecule has 1 aliphatic rings. The summed E-state index contributed by atoms with van der Waals surface area (Å²) >= 11 is 6.16. The molecule has 1 aliphatic carbocycles. The number of rotatable bonds is 4. The van der Waals surface area contributed by atoms with Gasteiger partial charge in [0, 0.05) is 24.5 Å². The van der Waals surface area contributed by atoms with Crippen molar-refractivity contribution in [2.24, 2.45) is 0 Å². The van der Waals surface area contributed by atoms with Crippen molar-refractivity contribution >= 4 is 17.3 Å². The molecule has 0 saturated heterocycles. The van der Waals surface area contributed by atoms with Gasteiger partial charge in [-0.15, -0.1) is 5.10 Å². The largest absolute Gasteiger partial charge is 0.381 e. The van der Waals surface area contributed by atoms with Crippen molar-refractivity contribution in [3.63, 3.8) is 0 Å². The fraction of sp³-hybridized carbons (Fsp3) is 0.353. The summed E-state index contributed by atoms with van der Waals surface area (Å²) in [7, 11) is 0. The molecule has 0 radical (unpaired) electrons. The number of halogens is 1. The van der Waals surface area contributed by atoms with Crippen LogP contribution in [0.2, 0.25) is 5.02 Å². The third kappa shape index (κ3) is 3.45. The highest BCUT2D eigenvalue weighted by atomic mass is 35.5. The first-order valence-corrected chi connectivity index (χ1v) is 8.89. The number of hydrogen-bond acceptors (Lipinski definition) is 6. The summed E-state index contributed by atoms with van der Waals surface area (Å²) in [6, 6.07) is 5.47. The van der Waals surface area contributed by atoms with E-state index in [1.807, 2.05) is 6.07 Å². The molecule has 134 valence electrons. The van der Waals surface area contributed by atoms with Gasteiger partial charge in [0.1, 0.15) is 12.7 Å². The first-order valence-electron chi connectivity index (χ1n) is 8.51. The van der Waals surface area contributed by atoms with Crippen LogP contribution in [0.4, 0.5) is 5.69 Å². The Kier molecular flexibility index (Phi) is 4.66. The average molecular weight is 372 g/mol. The van der Waals surface area contributed by atoms with Gasteiger partial charge in [0.05, 0.1) is 16.8 Å². The van der Waals surface area contributed by atoms with Crippen molar-refractivity contribution < 1.29 is 0 Å². The Morgan fingerprint density at radius 1 is 1.12 bits per heavy atom. The maximum absolute atomic E-state index is 12.3. The molecule has 1 N–H and O–H groups in total. The first-order chi connectivity index (χ1) is 12.7. The summed E-state index contributed by atoms with van der Waals surface area (Å²) in [6.07, 6.45) is 9.97. The molecule has 8 nitrogen and oxygen atoms in total. The molecule has 0 amide bonds. The number of nitrogens with one attached hydrogen (secondary N) is 1. The maximum Gasteiger partial charge on any atom is 0.267 e. The van der Waals surface area contributed by atoms with Gasteiger partial charge < -0.3 is 5.32 Å². The zero-order chi connectivity index (χ0) is 17.9. The van der Waals surface area contributed by atoms with Crippen LogP contribution in [-0.4, -0.2) is 35.6 Å². The quantitative estimate of drug-likeness (QED) is 0.757. The van der Waals surface area contributed by atoms with E-state index < -0.39 is 0 Å². The van der Waals surface area contributed by atoms with Gasteiger partial charge in [0.15, 0.2) is 5.82 Å². The Hall–Kier alpha value is -2.74. The van der Waals surface area contributed by atoms with Crippen LogP contribution in [0, 0.1) is 0 Å². The first kappa shape index (κ1) is 16.7. The van der Waals surface area contributed by atoms with Crippen molar-refractivity contribution in [1.29, 1.82) is 0 Å². The summed E-state index contributed by atoms with van der Waals surface area (Å²) in [5, 5.41) is 12.6. The third-order valence-electron chi connectivity index (χ3n) is 4.64. The van der Waals surface area contributed by atoms with Gasteiger partial charge in [-0.1, -0.05) is 11.6 Å². The molecule has 9 heteroatoms. The molecule has 3 heterocycles. The summed E-state index contributed by atoms with van der Waals surface area (Å²) < 4.78 is 3.13. The molecule has 0 unspecified atom stereocenters. The van der Waals surface area contributed by atoms with Crippen LogP contribution in [-0.2, 0) is 0 Å². The summed E-state index contributed by atoms with van der Waals surface area (Å²) in [4.78, 5) is 20.2. The normalized spacial score (nSPS) is 20.0. The van der Waals surface area contributed by atoms with E-state index in [-0.39, 0.29) is 11.6 Å². The number of nitrogens with zero attached hydrogens (tertiary/aromatic N) is 6. The highest BCUT2D eigenvalue weighted by Crippen LogP contribution is 2.30. The zero-order valence-electron chi connectivity index (χ0n) is 14.0. The van der Waals surface area contributed by atoms with Crippen LogP contribution in [0.3, 0.4) is 0 Å². The van der Waals surface area contributed by atoms with Crippen LogP contribution >= 0.6 is 11.6 Å². The molecule has 3 aromatic heterocycles. The van der Waals surface area contributed by atoms with E-state index in [2.05, 4.69) is 25.5 Å². The van der Waals surface area contributed by atoms with E-state index in [1.165, 1.54) is 12.4 Å². The molecular weight excluding hydrogens is 354 g/mol. The van der Waals surface area contributed by atoms with Crippen molar-refractivity contribution in [2.75, 3.05) is 5.32 Å². The van der Waals surface area contributed by atoms with E-state index in [9.17, 15) is 4.79 Å². The van der Waals surface area contributed by atoms with Gasteiger partial charge in [-0.3, -0.25) is 9.78 Å². The van der Waals surface area contributed by atoms with Crippen LogP contribution in [0.1, 0.15) is 31.7 Å². The van der Waals surface area contributed by atoms with E-state index >= 15 is 0 Å². The second-order valence-corrected chi connectivity index (χ2v) is 6.73. The minimum atomic E-state index is -0.0950. The highest BCUT2D eigenvalue weighted by Gasteiger charge is 2.24. The fourth-order valence-electron chi connectivity index (χ4n) is 3.30. The van der Waals surface area contributed by atoms with Gasteiger partial charge in [0.25, 0.3) is 5.56 Å². The van der Waals surface area contributed by atoms with Crippen molar-refractivity contribution in [3.8, 4) is 5.82 Å². The van der Waals surface area contributed by atoms with E-state index in [4.69, 9.17) is 11.6 Å². The van der Waals surface area contributed by atoms with Crippen LogP contribution < -0.4 is 10.9 Å². The SMILES string of the molecule is O=c1ccc(-n2cncn2)nn1C1CCC(Nc2ccncc2Cl)CC1.